The average molecular weight is 669 g/mol. The Morgan fingerprint density at radius 1 is 0.755 bits per heavy atom. The molecule has 11 nitrogen and oxygen atoms in total. The molecule has 258 valence electrons. The standard InChI is InChI=1S/C38H44N4O7/c1-3-25(2)33(37(47)42-21-13-20-31(42)38(48)49)41-36(46)34(44)29(22-26-14-7-4-8-15-26)40-35(45)30(23-27-16-9-5-10-17-27)39-32(43)24-28-18-11-6-12-19-28/h4-12,14-19,25,29-31,33H,3,13,20-24H2,1-2H3,(H,39,43)(H,40,45)(H,41,46)(H,48,49)/t25-,29?,30-,31-,33-/m0/s1. The highest BCUT2D eigenvalue weighted by Gasteiger charge is 2.40. The Morgan fingerprint density at radius 3 is 1.82 bits per heavy atom. The van der Waals surface area contributed by atoms with Crippen molar-refractivity contribution in [1.82, 2.24) is 20.9 Å². The van der Waals surface area contributed by atoms with Crippen molar-refractivity contribution >= 4 is 35.4 Å². The molecule has 1 aliphatic heterocycles. The number of nitrogens with one attached hydrogen (secondary N) is 3. The zero-order chi connectivity index (χ0) is 35.3. The minimum Gasteiger partial charge on any atom is -0.480 e. The van der Waals surface area contributed by atoms with Crippen LogP contribution in [0.4, 0.5) is 0 Å². The van der Waals surface area contributed by atoms with E-state index in [9.17, 15) is 33.9 Å². The summed E-state index contributed by atoms with van der Waals surface area (Å²) in [5.74, 6) is -5.17. The summed E-state index contributed by atoms with van der Waals surface area (Å²) >= 11 is 0. The lowest BCUT2D eigenvalue weighted by Crippen LogP contribution is -2.58. The van der Waals surface area contributed by atoms with Gasteiger partial charge in [0.05, 0.1) is 6.42 Å². The molecule has 49 heavy (non-hydrogen) atoms. The van der Waals surface area contributed by atoms with Gasteiger partial charge in [0.2, 0.25) is 23.5 Å². The highest BCUT2D eigenvalue weighted by molar-refractivity contribution is 6.39. The van der Waals surface area contributed by atoms with E-state index in [-0.39, 0.29) is 31.7 Å². The predicted molar refractivity (Wildman–Crippen MR) is 183 cm³/mol. The minimum absolute atomic E-state index is 0.0238. The molecule has 0 aromatic heterocycles. The van der Waals surface area contributed by atoms with Gasteiger partial charge >= 0.3 is 5.97 Å². The monoisotopic (exact) mass is 668 g/mol. The van der Waals surface area contributed by atoms with Crippen molar-refractivity contribution in [3.63, 3.8) is 0 Å². The van der Waals surface area contributed by atoms with Crippen molar-refractivity contribution in [2.75, 3.05) is 6.54 Å². The number of amides is 4. The Labute approximate surface area is 286 Å². The number of hydrogen-bond donors (Lipinski definition) is 4. The molecular weight excluding hydrogens is 624 g/mol. The van der Waals surface area contributed by atoms with Crippen LogP contribution in [0.1, 0.15) is 49.8 Å². The second-order valence-corrected chi connectivity index (χ2v) is 12.5. The Kier molecular flexibility index (Phi) is 13.2. The minimum atomic E-state index is -1.33. The first-order chi connectivity index (χ1) is 23.6. The number of nitrogens with zero attached hydrogens (tertiary/aromatic N) is 1. The summed E-state index contributed by atoms with van der Waals surface area (Å²) in [5.41, 5.74) is 2.22. The lowest BCUT2D eigenvalue weighted by molar-refractivity contribution is -0.150. The van der Waals surface area contributed by atoms with Gasteiger partial charge in [-0.1, -0.05) is 111 Å². The molecule has 0 aliphatic carbocycles. The van der Waals surface area contributed by atoms with Crippen LogP contribution < -0.4 is 16.0 Å². The number of aliphatic carboxylic acids is 1. The molecule has 1 heterocycles. The first kappa shape index (κ1) is 36.5. The van der Waals surface area contributed by atoms with Gasteiger partial charge in [0.25, 0.3) is 5.91 Å². The normalized spacial score (nSPS) is 16.4. The third kappa shape index (κ3) is 10.3. The molecular formula is C38H44N4O7. The molecule has 0 spiro atoms. The van der Waals surface area contributed by atoms with Crippen LogP contribution in [0.15, 0.2) is 91.0 Å². The van der Waals surface area contributed by atoms with Gasteiger partial charge in [-0.15, -0.1) is 0 Å². The van der Waals surface area contributed by atoms with Crippen molar-refractivity contribution in [2.45, 2.75) is 76.5 Å². The van der Waals surface area contributed by atoms with Crippen LogP contribution in [0.2, 0.25) is 0 Å². The number of ketones is 1. The Balaban J connectivity index is 1.56. The maximum absolute atomic E-state index is 13.9. The summed E-state index contributed by atoms with van der Waals surface area (Å²) in [6.45, 7) is 3.81. The van der Waals surface area contributed by atoms with Crippen LogP contribution in [0.25, 0.3) is 0 Å². The highest BCUT2D eigenvalue weighted by Crippen LogP contribution is 2.21. The third-order valence-corrected chi connectivity index (χ3v) is 8.87. The molecule has 1 fully saturated rings. The number of hydrogen-bond acceptors (Lipinski definition) is 6. The summed E-state index contributed by atoms with van der Waals surface area (Å²) in [4.78, 5) is 81.1. The fourth-order valence-corrected chi connectivity index (χ4v) is 5.94. The third-order valence-electron chi connectivity index (χ3n) is 8.87. The van der Waals surface area contributed by atoms with E-state index in [4.69, 9.17) is 0 Å². The topological polar surface area (TPSA) is 162 Å². The van der Waals surface area contributed by atoms with E-state index in [1.807, 2.05) is 67.6 Å². The number of carboxylic acids is 1. The molecule has 4 amide bonds. The predicted octanol–water partition coefficient (Wildman–Crippen LogP) is 2.86. The van der Waals surface area contributed by atoms with Crippen LogP contribution >= 0.6 is 0 Å². The average Bonchev–Trinajstić information content (AvgIpc) is 3.61. The molecule has 1 saturated heterocycles. The molecule has 4 N–H and O–H groups in total. The number of likely N-dealkylation sites (tertiary alicyclic amines) is 1. The smallest absolute Gasteiger partial charge is 0.326 e. The van der Waals surface area contributed by atoms with Crippen LogP contribution in [0.5, 0.6) is 0 Å². The van der Waals surface area contributed by atoms with Gasteiger partial charge in [-0.25, -0.2) is 4.79 Å². The number of carbonyl (C=O) groups excluding carboxylic acids is 5. The van der Waals surface area contributed by atoms with Crippen LogP contribution in [0.3, 0.4) is 0 Å². The van der Waals surface area contributed by atoms with Crippen LogP contribution in [-0.4, -0.2) is 76.1 Å². The summed E-state index contributed by atoms with van der Waals surface area (Å²) in [7, 11) is 0. The summed E-state index contributed by atoms with van der Waals surface area (Å²) in [6, 6.07) is 22.5. The Morgan fingerprint density at radius 2 is 1.29 bits per heavy atom. The van der Waals surface area contributed by atoms with Gasteiger partial charge in [-0.05, 0) is 35.4 Å². The van der Waals surface area contributed by atoms with E-state index in [1.54, 1.807) is 37.3 Å². The molecule has 0 bridgehead atoms. The lowest BCUT2D eigenvalue weighted by Gasteiger charge is -2.30. The largest absolute Gasteiger partial charge is 0.480 e. The van der Waals surface area contributed by atoms with Crippen LogP contribution in [0, 0.1) is 5.92 Å². The molecule has 3 aromatic carbocycles. The van der Waals surface area contributed by atoms with Gasteiger partial charge in [-0.2, -0.15) is 0 Å². The molecule has 1 unspecified atom stereocenters. The number of benzene rings is 3. The maximum Gasteiger partial charge on any atom is 0.326 e. The van der Waals surface area contributed by atoms with Crippen molar-refractivity contribution in [1.29, 1.82) is 0 Å². The van der Waals surface area contributed by atoms with Gasteiger partial charge < -0.3 is 26.0 Å². The van der Waals surface area contributed by atoms with Gasteiger partial charge in [0.15, 0.2) is 0 Å². The van der Waals surface area contributed by atoms with Gasteiger partial charge in [0.1, 0.15) is 24.2 Å². The van der Waals surface area contributed by atoms with Crippen LogP contribution in [-0.2, 0) is 48.0 Å². The first-order valence-electron chi connectivity index (χ1n) is 16.7. The maximum atomic E-state index is 13.9. The quantitative estimate of drug-likeness (QED) is 0.171. The summed E-state index contributed by atoms with van der Waals surface area (Å²) in [5, 5.41) is 17.7. The molecule has 11 heteroatoms. The first-order valence-corrected chi connectivity index (χ1v) is 16.7. The number of rotatable bonds is 16. The van der Waals surface area contributed by atoms with Crippen molar-refractivity contribution in [3.05, 3.63) is 108 Å². The van der Waals surface area contributed by atoms with E-state index in [2.05, 4.69) is 16.0 Å². The van der Waals surface area contributed by atoms with Gasteiger partial charge in [-0.3, -0.25) is 24.0 Å². The summed E-state index contributed by atoms with van der Waals surface area (Å²) in [6.07, 6.45) is 1.45. The van der Waals surface area contributed by atoms with E-state index in [0.29, 0.717) is 24.8 Å². The van der Waals surface area contributed by atoms with Crippen molar-refractivity contribution in [3.8, 4) is 0 Å². The summed E-state index contributed by atoms with van der Waals surface area (Å²) < 4.78 is 0. The molecule has 0 saturated carbocycles. The zero-order valence-electron chi connectivity index (χ0n) is 27.8. The fraction of sp³-hybridized carbons (Fsp3) is 0.368. The molecule has 0 radical (unpaired) electrons. The number of carboxylic acid groups (broad SMARTS) is 1. The SMILES string of the molecule is CC[C@H](C)[C@H](NC(=O)C(=O)C(Cc1ccccc1)NC(=O)[C@H](Cc1ccccc1)NC(=O)Cc1ccccc1)C(=O)N1CCC[C@H]1C(=O)O. The van der Waals surface area contributed by atoms with E-state index >= 15 is 0 Å². The fourth-order valence-electron chi connectivity index (χ4n) is 5.94. The van der Waals surface area contributed by atoms with E-state index < -0.39 is 59.6 Å². The lowest BCUT2D eigenvalue weighted by atomic mass is 9.96. The molecule has 3 aromatic rings. The Bertz CT molecular complexity index is 1600. The van der Waals surface area contributed by atoms with Crippen molar-refractivity contribution < 1.29 is 33.9 Å². The zero-order valence-corrected chi connectivity index (χ0v) is 27.8. The molecule has 5 atom stereocenters. The number of Topliss-reactive ketones (excluding diaryl/α,β-unsaturated/α-hetero) is 1. The molecule has 4 rings (SSSR count). The van der Waals surface area contributed by atoms with Crippen molar-refractivity contribution in [2.24, 2.45) is 5.92 Å². The second kappa shape index (κ2) is 17.7. The Hall–Kier alpha value is -5.32. The van der Waals surface area contributed by atoms with E-state index in [0.717, 1.165) is 11.1 Å². The van der Waals surface area contributed by atoms with Gasteiger partial charge in [0, 0.05) is 19.4 Å². The second-order valence-electron chi connectivity index (χ2n) is 12.5. The number of carbonyl (C=O) groups is 6. The highest BCUT2D eigenvalue weighted by atomic mass is 16.4. The molecule has 1 aliphatic rings. The van der Waals surface area contributed by atoms with E-state index in [1.165, 1.54) is 4.90 Å².